The Morgan fingerprint density at radius 3 is 2.80 bits per heavy atom. The minimum atomic E-state index is -0.128. The lowest BCUT2D eigenvalue weighted by atomic mass is 10.2. The number of hydrogen-bond acceptors (Lipinski definition) is 3. The molecule has 2 rings (SSSR count). The molecule has 1 N–H and O–H groups in total. The summed E-state index contributed by atoms with van der Waals surface area (Å²) in [6.45, 7) is 2.38. The normalized spacial score (nSPS) is 10.4. The van der Waals surface area contributed by atoms with Gasteiger partial charge in [-0.05, 0) is 41.1 Å². The van der Waals surface area contributed by atoms with Crippen molar-refractivity contribution in [3.63, 3.8) is 0 Å². The van der Waals surface area contributed by atoms with Crippen LogP contribution in [0.5, 0.6) is 5.75 Å². The molecule has 6 heteroatoms. The molecule has 0 aliphatic rings. The van der Waals surface area contributed by atoms with Gasteiger partial charge in [-0.15, -0.1) is 0 Å². The maximum absolute atomic E-state index is 12.1. The van der Waals surface area contributed by atoms with E-state index in [-0.39, 0.29) is 5.91 Å². The number of carbonyl (C=O) groups excluding carboxylic acids is 1. The molecule has 0 spiro atoms. The summed E-state index contributed by atoms with van der Waals surface area (Å²) in [5.41, 5.74) is 2.51. The van der Waals surface area contributed by atoms with Gasteiger partial charge in [0.2, 0.25) is 0 Å². The van der Waals surface area contributed by atoms with E-state index in [0.29, 0.717) is 17.9 Å². The molecule has 20 heavy (non-hydrogen) atoms. The van der Waals surface area contributed by atoms with Crippen LogP contribution < -0.4 is 10.1 Å². The average Bonchev–Trinajstić information content (AvgIpc) is 2.74. The Balaban J connectivity index is 2.05. The lowest BCUT2D eigenvalue weighted by Crippen LogP contribution is -2.22. The predicted octanol–water partition coefficient (Wildman–Crippen LogP) is 2.43. The number of amides is 1. The monoisotopic (exact) mass is 337 g/mol. The Kier molecular flexibility index (Phi) is 4.44. The zero-order chi connectivity index (χ0) is 14.7. The number of nitrogens with one attached hydrogen (secondary N) is 1. The summed E-state index contributed by atoms with van der Waals surface area (Å²) >= 11 is 3.37. The summed E-state index contributed by atoms with van der Waals surface area (Å²) in [6.07, 6.45) is 1.90. The van der Waals surface area contributed by atoms with Gasteiger partial charge in [0.1, 0.15) is 5.75 Å². The van der Waals surface area contributed by atoms with Gasteiger partial charge < -0.3 is 10.1 Å². The van der Waals surface area contributed by atoms with E-state index < -0.39 is 0 Å². The van der Waals surface area contributed by atoms with E-state index in [9.17, 15) is 4.79 Å². The van der Waals surface area contributed by atoms with Crippen molar-refractivity contribution in [1.29, 1.82) is 0 Å². The van der Waals surface area contributed by atoms with Gasteiger partial charge in [-0.3, -0.25) is 9.48 Å². The standard InChI is InChI=1S/C14H16BrN3O2/c1-9-11(8-18(2)17-9)7-16-14(19)10-4-5-13(20-3)12(15)6-10/h4-6,8H,7H2,1-3H3,(H,16,19). The van der Waals surface area contributed by atoms with Crippen molar-refractivity contribution in [3.8, 4) is 5.75 Å². The number of ether oxygens (including phenoxy) is 1. The first-order chi connectivity index (χ1) is 9.51. The molecule has 5 nitrogen and oxygen atoms in total. The van der Waals surface area contributed by atoms with Crippen LogP contribution in [0, 0.1) is 6.92 Å². The van der Waals surface area contributed by atoms with Gasteiger partial charge in [0.05, 0.1) is 17.3 Å². The minimum Gasteiger partial charge on any atom is -0.496 e. The number of aryl methyl sites for hydroxylation is 2. The summed E-state index contributed by atoms with van der Waals surface area (Å²) in [6, 6.07) is 5.23. The summed E-state index contributed by atoms with van der Waals surface area (Å²) in [4.78, 5) is 12.1. The smallest absolute Gasteiger partial charge is 0.251 e. The fraction of sp³-hybridized carbons (Fsp3) is 0.286. The van der Waals surface area contributed by atoms with E-state index in [2.05, 4.69) is 26.3 Å². The molecule has 0 saturated heterocycles. The Bertz CT molecular complexity index is 637. The van der Waals surface area contributed by atoms with Crippen LogP contribution in [0.2, 0.25) is 0 Å². The van der Waals surface area contributed by atoms with E-state index in [1.54, 1.807) is 30.0 Å². The Morgan fingerprint density at radius 2 is 2.25 bits per heavy atom. The molecule has 1 heterocycles. The minimum absolute atomic E-state index is 0.128. The number of hydrogen-bond donors (Lipinski definition) is 1. The van der Waals surface area contributed by atoms with E-state index in [1.165, 1.54) is 0 Å². The summed E-state index contributed by atoms with van der Waals surface area (Å²) < 4.78 is 7.63. The number of halogens is 1. The molecule has 0 bridgehead atoms. The summed E-state index contributed by atoms with van der Waals surface area (Å²) in [5.74, 6) is 0.571. The van der Waals surface area contributed by atoms with E-state index in [0.717, 1.165) is 15.7 Å². The average molecular weight is 338 g/mol. The number of carbonyl (C=O) groups is 1. The molecule has 0 aliphatic carbocycles. The second-order valence-electron chi connectivity index (χ2n) is 4.45. The highest BCUT2D eigenvalue weighted by Gasteiger charge is 2.10. The number of methoxy groups -OCH3 is 1. The van der Waals surface area contributed by atoms with Crippen LogP contribution in [0.15, 0.2) is 28.9 Å². The highest BCUT2D eigenvalue weighted by molar-refractivity contribution is 9.10. The molecule has 0 atom stereocenters. The van der Waals surface area contributed by atoms with E-state index >= 15 is 0 Å². The molecular formula is C14H16BrN3O2. The Hall–Kier alpha value is -1.82. The molecule has 0 fully saturated rings. The van der Waals surface area contributed by atoms with Gasteiger partial charge in [0.15, 0.2) is 0 Å². The van der Waals surface area contributed by atoms with Crippen LogP contribution in [-0.2, 0) is 13.6 Å². The van der Waals surface area contributed by atoms with Gasteiger partial charge in [-0.25, -0.2) is 0 Å². The third kappa shape index (κ3) is 3.19. The maximum Gasteiger partial charge on any atom is 0.251 e. The maximum atomic E-state index is 12.1. The first kappa shape index (κ1) is 14.6. The molecule has 0 radical (unpaired) electrons. The summed E-state index contributed by atoms with van der Waals surface area (Å²) in [7, 11) is 3.45. The predicted molar refractivity (Wildman–Crippen MR) is 79.8 cm³/mol. The van der Waals surface area contributed by atoms with Gasteiger partial charge in [-0.1, -0.05) is 0 Å². The SMILES string of the molecule is COc1ccc(C(=O)NCc2cn(C)nc2C)cc1Br. The third-order valence-corrected chi connectivity index (χ3v) is 3.59. The highest BCUT2D eigenvalue weighted by Crippen LogP contribution is 2.25. The van der Waals surface area contributed by atoms with Crippen molar-refractivity contribution in [1.82, 2.24) is 15.1 Å². The molecule has 0 saturated carbocycles. The van der Waals surface area contributed by atoms with Crippen LogP contribution >= 0.6 is 15.9 Å². The van der Waals surface area contributed by atoms with E-state index in [4.69, 9.17) is 4.74 Å². The van der Waals surface area contributed by atoms with Crippen LogP contribution in [0.1, 0.15) is 21.6 Å². The molecule has 1 aromatic carbocycles. The van der Waals surface area contributed by atoms with Crippen LogP contribution in [0.25, 0.3) is 0 Å². The number of rotatable bonds is 4. The van der Waals surface area contributed by atoms with Crippen molar-refractivity contribution in [3.05, 3.63) is 45.7 Å². The van der Waals surface area contributed by atoms with Crippen molar-refractivity contribution < 1.29 is 9.53 Å². The van der Waals surface area contributed by atoms with Crippen LogP contribution in [0.3, 0.4) is 0 Å². The second-order valence-corrected chi connectivity index (χ2v) is 5.30. The molecule has 2 aromatic rings. The zero-order valence-corrected chi connectivity index (χ0v) is 13.2. The molecule has 0 aliphatic heterocycles. The quantitative estimate of drug-likeness (QED) is 0.932. The first-order valence-electron chi connectivity index (χ1n) is 6.12. The summed E-state index contributed by atoms with van der Waals surface area (Å²) in [5, 5.41) is 7.12. The van der Waals surface area contributed by atoms with Gasteiger partial charge >= 0.3 is 0 Å². The largest absolute Gasteiger partial charge is 0.496 e. The van der Waals surface area contributed by atoms with Crippen LogP contribution in [0.4, 0.5) is 0 Å². The zero-order valence-electron chi connectivity index (χ0n) is 11.6. The van der Waals surface area contributed by atoms with E-state index in [1.807, 2.05) is 20.2 Å². The number of benzene rings is 1. The fourth-order valence-corrected chi connectivity index (χ4v) is 2.45. The lowest BCUT2D eigenvalue weighted by molar-refractivity contribution is 0.0951. The molecule has 1 amide bonds. The van der Waals surface area contributed by atoms with Crippen molar-refractivity contribution >= 4 is 21.8 Å². The topological polar surface area (TPSA) is 56.1 Å². The van der Waals surface area contributed by atoms with Crippen molar-refractivity contribution in [2.75, 3.05) is 7.11 Å². The number of aromatic nitrogens is 2. The molecule has 0 unspecified atom stereocenters. The van der Waals surface area contributed by atoms with Crippen molar-refractivity contribution in [2.24, 2.45) is 7.05 Å². The lowest BCUT2D eigenvalue weighted by Gasteiger charge is -2.07. The first-order valence-corrected chi connectivity index (χ1v) is 6.91. The highest BCUT2D eigenvalue weighted by atomic mass is 79.9. The molecular weight excluding hydrogens is 322 g/mol. The van der Waals surface area contributed by atoms with Crippen molar-refractivity contribution in [2.45, 2.75) is 13.5 Å². The molecule has 106 valence electrons. The molecule has 1 aromatic heterocycles. The third-order valence-electron chi connectivity index (χ3n) is 2.97. The Morgan fingerprint density at radius 1 is 1.50 bits per heavy atom. The fourth-order valence-electron chi connectivity index (χ4n) is 1.91. The van der Waals surface area contributed by atoms with Crippen LogP contribution in [-0.4, -0.2) is 22.8 Å². The van der Waals surface area contributed by atoms with Gasteiger partial charge in [0.25, 0.3) is 5.91 Å². The van der Waals surface area contributed by atoms with Gasteiger partial charge in [-0.2, -0.15) is 5.10 Å². The second kappa shape index (κ2) is 6.09. The Labute approximate surface area is 126 Å². The number of nitrogens with zero attached hydrogens (tertiary/aromatic N) is 2. The van der Waals surface area contributed by atoms with Gasteiger partial charge in [0, 0.05) is 30.9 Å².